The normalized spacial score (nSPS) is 10.9. The van der Waals surface area contributed by atoms with Crippen molar-refractivity contribution in [3.8, 4) is 0 Å². The van der Waals surface area contributed by atoms with Crippen LogP contribution in [0.4, 0.5) is 0 Å². The van der Waals surface area contributed by atoms with Gasteiger partial charge in [0.25, 0.3) is 0 Å². The Bertz CT molecular complexity index is 899. The summed E-state index contributed by atoms with van der Waals surface area (Å²) in [5, 5.41) is 5.75. The minimum Gasteiger partial charge on any atom is -0.467 e. The number of hydrogen-bond acceptors (Lipinski definition) is 4. The Balaban J connectivity index is 1.68. The van der Waals surface area contributed by atoms with E-state index >= 15 is 0 Å². The lowest BCUT2D eigenvalue weighted by Crippen LogP contribution is -2.29. The van der Waals surface area contributed by atoms with Crippen molar-refractivity contribution in [2.45, 2.75) is 39.3 Å². The summed E-state index contributed by atoms with van der Waals surface area (Å²) in [6, 6.07) is 11.3. The quantitative estimate of drug-likeness (QED) is 0.607. The maximum Gasteiger partial charge on any atom is 0.240 e. The van der Waals surface area contributed by atoms with Crippen LogP contribution < -0.4 is 10.6 Å². The standard InChI is InChI=1S/C20H24N4O3/c1-2-6-19(25)21-11-10-18-23-16-8-3-4-9-17(16)24(18)14-20(26)22-13-15-7-5-12-27-15/h3-5,7-9,12H,2,6,10-11,13-14H2,1H3,(H,21,25)(H,22,26). The third kappa shape index (κ3) is 4.97. The molecule has 3 rings (SSSR count). The molecule has 0 aliphatic rings. The highest BCUT2D eigenvalue weighted by atomic mass is 16.3. The van der Waals surface area contributed by atoms with Crippen LogP contribution in [0, 0.1) is 0 Å². The van der Waals surface area contributed by atoms with Crippen LogP contribution in [0.1, 0.15) is 31.4 Å². The van der Waals surface area contributed by atoms with E-state index in [-0.39, 0.29) is 18.4 Å². The molecule has 7 nitrogen and oxygen atoms in total. The SMILES string of the molecule is CCCC(=O)NCCc1nc2ccccc2n1CC(=O)NCc1ccco1. The second kappa shape index (κ2) is 9.02. The summed E-state index contributed by atoms with van der Waals surface area (Å²) in [4.78, 5) is 28.7. The number of aromatic nitrogens is 2. The van der Waals surface area contributed by atoms with Gasteiger partial charge in [0, 0.05) is 19.4 Å². The molecule has 1 aromatic carbocycles. The molecule has 0 atom stereocenters. The first-order valence-corrected chi connectivity index (χ1v) is 9.17. The number of para-hydroxylation sites is 2. The number of imidazole rings is 1. The van der Waals surface area contributed by atoms with Crippen LogP contribution in [0.25, 0.3) is 11.0 Å². The lowest BCUT2D eigenvalue weighted by molar-refractivity contribution is -0.122. The molecule has 7 heteroatoms. The first-order valence-electron chi connectivity index (χ1n) is 9.17. The minimum absolute atomic E-state index is 0.0383. The number of nitrogens with zero attached hydrogens (tertiary/aromatic N) is 2. The molecule has 2 amide bonds. The molecule has 27 heavy (non-hydrogen) atoms. The molecule has 0 fully saturated rings. The van der Waals surface area contributed by atoms with Crippen molar-refractivity contribution in [1.82, 2.24) is 20.2 Å². The Morgan fingerprint density at radius 3 is 2.74 bits per heavy atom. The number of fused-ring (bicyclic) bond motifs is 1. The molecule has 0 saturated heterocycles. The molecule has 0 spiro atoms. The van der Waals surface area contributed by atoms with E-state index in [0.29, 0.717) is 31.7 Å². The van der Waals surface area contributed by atoms with E-state index in [1.807, 2.05) is 41.8 Å². The Morgan fingerprint density at radius 1 is 1.11 bits per heavy atom. The van der Waals surface area contributed by atoms with Crippen molar-refractivity contribution >= 4 is 22.8 Å². The Morgan fingerprint density at radius 2 is 1.96 bits per heavy atom. The highest BCUT2D eigenvalue weighted by Gasteiger charge is 2.14. The summed E-state index contributed by atoms with van der Waals surface area (Å²) in [5.74, 6) is 1.40. The number of carbonyl (C=O) groups is 2. The first-order chi connectivity index (χ1) is 13.2. The zero-order valence-corrected chi connectivity index (χ0v) is 15.4. The van der Waals surface area contributed by atoms with E-state index < -0.39 is 0 Å². The molecule has 0 aliphatic heterocycles. The first kappa shape index (κ1) is 18.7. The molecule has 0 saturated carbocycles. The van der Waals surface area contributed by atoms with E-state index in [1.165, 1.54) is 0 Å². The third-order valence-corrected chi connectivity index (χ3v) is 4.22. The van der Waals surface area contributed by atoms with Gasteiger partial charge in [-0.25, -0.2) is 4.98 Å². The summed E-state index contributed by atoms with van der Waals surface area (Å²) in [7, 11) is 0. The van der Waals surface area contributed by atoms with Gasteiger partial charge in [0.1, 0.15) is 18.1 Å². The maximum absolute atomic E-state index is 12.4. The minimum atomic E-state index is -0.120. The van der Waals surface area contributed by atoms with Gasteiger partial charge in [-0.3, -0.25) is 9.59 Å². The third-order valence-electron chi connectivity index (χ3n) is 4.22. The van der Waals surface area contributed by atoms with Crippen LogP contribution in [-0.4, -0.2) is 27.9 Å². The molecule has 0 aliphatic carbocycles. The van der Waals surface area contributed by atoms with Gasteiger partial charge in [0.05, 0.1) is 23.8 Å². The summed E-state index contributed by atoms with van der Waals surface area (Å²) < 4.78 is 7.14. The second-order valence-corrected chi connectivity index (χ2v) is 6.31. The fourth-order valence-corrected chi connectivity index (χ4v) is 2.92. The fraction of sp³-hybridized carbons (Fsp3) is 0.350. The van der Waals surface area contributed by atoms with Crippen LogP contribution in [0.3, 0.4) is 0 Å². The summed E-state index contributed by atoms with van der Waals surface area (Å²) in [5.41, 5.74) is 1.74. The lowest BCUT2D eigenvalue weighted by atomic mass is 10.3. The summed E-state index contributed by atoms with van der Waals surface area (Å²) >= 11 is 0. The molecule has 2 aromatic heterocycles. The van der Waals surface area contributed by atoms with Crippen LogP contribution in [0.15, 0.2) is 47.1 Å². The second-order valence-electron chi connectivity index (χ2n) is 6.31. The maximum atomic E-state index is 12.4. The van der Waals surface area contributed by atoms with E-state index in [9.17, 15) is 9.59 Å². The fourth-order valence-electron chi connectivity index (χ4n) is 2.92. The summed E-state index contributed by atoms with van der Waals surface area (Å²) in [6.07, 6.45) is 3.48. The van der Waals surface area contributed by atoms with Crippen molar-refractivity contribution < 1.29 is 14.0 Å². The van der Waals surface area contributed by atoms with Gasteiger partial charge in [-0.2, -0.15) is 0 Å². The number of rotatable bonds is 9. The monoisotopic (exact) mass is 368 g/mol. The molecule has 2 heterocycles. The zero-order valence-electron chi connectivity index (χ0n) is 15.4. The Kier molecular flexibility index (Phi) is 6.25. The van der Waals surface area contributed by atoms with Gasteiger partial charge in [-0.1, -0.05) is 19.1 Å². The predicted octanol–water partition coefficient (Wildman–Crippen LogP) is 2.40. The van der Waals surface area contributed by atoms with Crippen LogP contribution in [0.2, 0.25) is 0 Å². The molecule has 0 bridgehead atoms. The Hall–Kier alpha value is -3.09. The van der Waals surface area contributed by atoms with Gasteiger partial charge >= 0.3 is 0 Å². The van der Waals surface area contributed by atoms with Crippen molar-refractivity contribution in [2.75, 3.05) is 6.54 Å². The topological polar surface area (TPSA) is 89.2 Å². The van der Waals surface area contributed by atoms with Gasteiger partial charge in [0.2, 0.25) is 11.8 Å². The predicted molar refractivity (Wildman–Crippen MR) is 102 cm³/mol. The van der Waals surface area contributed by atoms with E-state index in [0.717, 1.165) is 23.3 Å². The number of furan rings is 1. The molecule has 0 unspecified atom stereocenters. The van der Waals surface area contributed by atoms with Crippen LogP contribution in [0.5, 0.6) is 0 Å². The smallest absolute Gasteiger partial charge is 0.240 e. The summed E-state index contributed by atoms with van der Waals surface area (Å²) in [6.45, 7) is 2.98. The molecule has 142 valence electrons. The number of carbonyl (C=O) groups excluding carboxylic acids is 2. The molecule has 3 aromatic rings. The van der Waals surface area contributed by atoms with Crippen LogP contribution >= 0.6 is 0 Å². The number of benzene rings is 1. The zero-order chi connectivity index (χ0) is 19.1. The number of amides is 2. The van der Waals surface area contributed by atoms with Crippen LogP contribution in [-0.2, 0) is 29.1 Å². The average molecular weight is 368 g/mol. The van der Waals surface area contributed by atoms with Gasteiger partial charge in [-0.05, 0) is 30.7 Å². The molecule has 2 N–H and O–H groups in total. The van der Waals surface area contributed by atoms with E-state index in [2.05, 4.69) is 15.6 Å². The number of hydrogen-bond donors (Lipinski definition) is 2. The number of nitrogens with one attached hydrogen (secondary N) is 2. The van der Waals surface area contributed by atoms with Crippen molar-refractivity contribution in [2.24, 2.45) is 0 Å². The molecular weight excluding hydrogens is 344 g/mol. The highest BCUT2D eigenvalue weighted by Crippen LogP contribution is 2.16. The molecule has 0 radical (unpaired) electrons. The van der Waals surface area contributed by atoms with Gasteiger partial charge in [0.15, 0.2) is 0 Å². The van der Waals surface area contributed by atoms with Crippen molar-refractivity contribution in [3.05, 3.63) is 54.2 Å². The van der Waals surface area contributed by atoms with Gasteiger partial charge in [-0.15, -0.1) is 0 Å². The van der Waals surface area contributed by atoms with Gasteiger partial charge < -0.3 is 19.6 Å². The van der Waals surface area contributed by atoms with E-state index in [4.69, 9.17) is 4.42 Å². The van der Waals surface area contributed by atoms with Crippen molar-refractivity contribution in [3.63, 3.8) is 0 Å². The lowest BCUT2D eigenvalue weighted by Gasteiger charge is -2.10. The highest BCUT2D eigenvalue weighted by molar-refractivity contribution is 5.81. The average Bonchev–Trinajstić information content (AvgIpc) is 3.29. The molecular formula is C20H24N4O3. The Labute approximate surface area is 157 Å². The van der Waals surface area contributed by atoms with Crippen molar-refractivity contribution in [1.29, 1.82) is 0 Å². The largest absolute Gasteiger partial charge is 0.467 e. The van der Waals surface area contributed by atoms with E-state index in [1.54, 1.807) is 12.3 Å².